The molecule has 33 heavy (non-hydrogen) atoms. The highest BCUT2D eigenvalue weighted by Gasteiger charge is 2.15. The van der Waals surface area contributed by atoms with E-state index in [1.807, 2.05) is 43.3 Å². The highest BCUT2D eigenvalue weighted by atomic mass is 16.2. The molecule has 2 aromatic carbocycles. The third kappa shape index (κ3) is 7.55. The summed E-state index contributed by atoms with van der Waals surface area (Å²) in [6.07, 6.45) is 1.67. The largest absolute Gasteiger partial charge is 0.348 e. The minimum Gasteiger partial charge on any atom is -0.348 e. The normalized spacial score (nSPS) is 10.5. The van der Waals surface area contributed by atoms with Crippen molar-refractivity contribution in [2.45, 2.75) is 13.5 Å². The molecule has 170 valence electrons. The Morgan fingerprint density at radius 2 is 1.52 bits per heavy atom. The van der Waals surface area contributed by atoms with Gasteiger partial charge in [-0.15, -0.1) is 0 Å². The third-order valence-electron chi connectivity index (χ3n) is 4.75. The lowest BCUT2D eigenvalue weighted by molar-refractivity contribution is -0.119. The van der Waals surface area contributed by atoms with Crippen LogP contribution in [0.2, 0.25) is 0 Å². The first-order valence-corrected chi connectivity index (χ1v) is 10.5. The Balaban J connectivity index is 1.51. The van der Waals surface area contributed by atoms with Gasteiger partial charge in [0.25, 0.3) is 5.91 Å². The number of rotatable bonds is 9. The second-order valence-electron chi connectivity index (χ2n) is 7.70. The van der Waals surface area contributed by atoms with Gasteiger partial charge in [0.1, 0.15) is 5.82 Å². The van der Waals surface area contributed by atoms with Gasteiger partial charge in [-0.25, -0.2) is 4.98 Å². The van der Waals surface area contributed by atoms with E-state index in [2.05, 4.69) is 20.9 Å². The molecule has 0 saturated carbocycles. The molecule has 0 atom stereocenters. The number of hydrogen-bond donors (Lipinski definition) is 3. The number of aromatic nitrogens is 1. The Morgan fingerprint density at radius 3 is 2.21 bits per heavy atom. The third-order valence-corrected chi connectivity index (χ3v) is 4.75. The molecule has 0 aliphatic carbocycles. The molecule has 0 saturated heterocycles. The zero-order valence-corrected chi connectivity index (χ0v) is 18.7. The fraction of sp³-hybridized carbons (Fsp3) is 0.200. The number of amides is 3. The Labute approximate surface area is 193 Å². The molecule has 3 aromatic rings. The van der Waals surface area contributed by atoms with Gasteiger partial charge in [0, 0.05) is 12.7 Å². The summed E-state index contributed by atoms with van der Waals surface area (Å²) in [7, 11) is 1.67. The van der Waals surface area contributed by atoms with Crippen LogP contribution in [0.25, 0.3) is 0 Å². The summed E-state index contributed by atoms with van der Waals surface area (Å²) in [6.45, 7) is 2.29. The van der Waals surface area contributed by atoms with Gasteiger partial charge < -0.3 is 16.0 Å². The molecule has 8 heteroatoms. The standard InChI is InChI=1S/C25H27N5O3/c1-18-12-13-22(26-14-18)29-24(32)17-30(2)16-23(31)28-21-11-7-6-10-20(21)25(33)27-15-19-8-4-3-5-9-19/h3-14H,15-17H2,1-2H3,(H,27,33)(H,28,31)(H,26,29,32). The van der Waals surface area contributed by atoms with Crippen molar-refractivity contribution in [3.8, 4) is 0 Å². The van der Waals surface area contributed by atoms with Crippen LogP contribution in [0.4, 0.5) is 11.5 Å². The first-order chi connectivity index (χ1) is 15.9. The molecule has 0 fully saturated rings. The molecule has 0 spiro atoms. The smallest absolute Gasteiger partial charge is 0.253 e. The van der Waals surface area contributed by atoms with Crippen LogP contribution in [-0.2, 0) is 16.1 Å². The minimum absolute atomic E-state index is 0.0161. The van der Waals surface area contributed by atoms with Crippen molar-refractivity contribution in [3.05, 3.63) is 89.6 Å². The Morgan fingerprint density at radius 1 is 0.848 bits per heavy atom. The van der Waals surface area contributed by atoms with Gasteiger partial charge in [-0.1, -0.05) is 48.5 Å². The van der Waals surface area contributed by atoms with E-state index in [0.717, 1.165) is 11.1 Å². The number of pyridine rings is 1. The van der Waals surface area contributed by atoms with Crippen LogP contribution >= 0.6 is 0 Å². The van der Waals surface area contributed by atoms with Crippen LogP contribution < -0.4 is 16.0 Å². The molecule has 0 aliphatic rings. The number of benzene rings is 2. The second-order valence-corrected chi connectivity index (χ2v) is 7.70. The number of para-hydroxylation sites is 1. The lowest BCUT2D eigenvalue weighted by Crippen LogP contribution is -2.36. The summed E-state index contributed by atoms with van der Waals surface area (Å²) in [4.78, 5) is 43.1. The zero-order valence-electron chi connectivity index (χ0n) is 18.7. The van der Waals surface area contributed by atoms with E-state index in [9.17, 15) is 14.4 Å². The second kappa shape index (κ2) is 11.5. The lowest BCUT2D eigenvalue weighted by Gasteiger charge is -2.17. The van der Waals surface area contributed by atoms with Gasteiger partial charge in [-0.3, -0.25) is 19.3 Å². The van der Waals surface area contributed by atoms with Crippen LogP contribution in [0.5, 0.6) is 0 Å². The Hall–Kier alpha value is -4.04. The maximum Gasteiger partial charge on any atom is 0.253 e. The fourth-order valence-corrected chi connectivity index (χ4v) is 3.12. The zero-order chi connectivity index (χ0) is 23.6. The summed E-state index contributed by atoms with van der Waals surface area (Å²) < 4.78 is 0. The van der Waals surface area contributed by atoms with E-state index in [0.29, 0.717) is 23.6 Å². The fourth-order valence-electron chi connectivity index (χ4n) is 3.12. The van der Waals surface area contributed by atoms with Crippen molar-refractivity contribution in [3.63, 3.8) is 0 Å². The molecule has 0 radical (unpaired) electrons. The molecule has 3 amide bonds. The van der Waals surface area contributed by atoms with Gasteiger partial charge in [0.05, 0.1) is 24.3 Å². The van der Waals surface area contributed by atoms with Gasteiger partial charge in [0.2, 0.25) is 11.8 Å². The molecule has 3 N–H and O–H groups in total. The van der Waals surface area contributed by atoms with Gasteiger partial charge in [0.15, 0.2) is 0 Å². The molecule has 0 aliphatic heterocycles. The number of hydrogen-bond acceptors (Lipinski definition) is 5. The summed E-state index contributed by atoms with van der Waals surface area (Å²) in [6, 6.07) is 20.0. The number of nitrogens with one attached hydrogen (secondary N) is 3. The number of carbonyl (C=O) groups excluding carboxylic acids is 3. The topological polar surface area (TPSA) is 103 Å². The van der Waals surface area contributed by atoms with Crippen LogP contribution in [-0.4, -0.2) is 47.7 Å². The van der Waals surface area contributed by atoms with Crippen LogP contribution in [0.3, 0.4) is 0 Å². The molecular weight excluding hydrogens is 418 g/mol. The van der Waals surface area contributed by atoms with E-state index in [1.165, 1.54) is 0 Å². The molecule has 0 unspecified atom stereocenters. The molecule has 3 rings (SSSR count). The minimum atomic E-state index is -0.331. The maximum absolute atomic E-state index is 12.7. The quantitative estimate of drug-likeness (QED) is 0.470. The van der Waals surface area contributed by atoms with Crippen molar-refractivity contribution in [2.24, 2.45) is 0 Å². The summed E-state index contributed by atoms with van der Waals surface area (Å²) in [5.74, 6) is -0.434. The van der Waals surface area contributed by atoms with Crippen LogP contribution in [0.1, 0.15) is 21.5 Å². The highest BCUT2D eigenvalue weighted by Crippen LogP contribution is 2.15. The van der Waals surface area contributed by atoms with E-state index in [4.69, 9.17) is 0 Å². The van der Waals surface area contributed by atoms with Crippen molar-refractivity contribution >= 4 is 29.2 Å². The number of likely N-dealkylation sites (N-methyl/N-ethyl adjacent to an activating group) is 1. The monoisotopic (exact) mass is 445 g/mol. The highest BCUT2D eigenvalue weighted by molar-refractivity contribution is 6.04. The van der Waals surface area contributed by atoms with Gasteiger partial charge in [-0.05, 0) is 43.3 Å². The van der Waals surface area contributed by atoms with E-state index >= 15 is 0 Å². The van der Waals surface area contributed by atoms with E-state index in [1.54, 1.807) is 48.5 Å². The number of nitrogens with zero attached hydrogens (tertiary/aromatic N) is 2. The van der Waals surface area contributed by atoms with Crippen LogP contribution in [0.15, 0.2) is 72.9 Å². The number of carbonyl (C=O) groups is 3. The van der Waals surface area contributed by atoms with Crippen molar-refractivity contribution in [2.75, 3.05) is 30.8 Å². The Bertz CT molecular complexity index is 1100. The molecular formula is C25H27N5O3. The van der Waals surface area contributed by atoms with Gasteiger partial charge >= 0.3 is 0 Å². The average Bonchev–Trinajstić information content (AvgIpc) is 2.79. The first kappa shape index (κ1) is 23.6. The molecule has 8 nitrogen and oxygen atoms in total. The first-order valence-electron chi connectivity index (χ1n) is 10.5. The predicted octanol–water partition coefficient (Wildman–Crippen LogP) is 2.83. The molecule has 1 aromatic heterocycles. The average molecular weight is 446 g/mol. The SMILES string of the molecule is Cc1ccc(NC(=O)CN(C)CC(=O)Nc2ccccc2C(=O)NCc2ccccc2)nc1. The van der Waals surface area contributed by atoms with Gasteiger partial charge in [-0.2, -0.15) is 0 Å². The van der Waals surface area contributed by atoms with Crippen molar-refractivity contribution in [1.29, 1.82) is 0 Å². The number of aryl methyl sites for hydroxylation is 1. The lowest BCUT2D eigenvalue weighted by atomic mass is 10.1. The summed E-state index contributed by atoms with van der Waals surface area (Å²) >= 11 is 0. The Kier molecular flexibility index (Phi) is 8.26. The summed E-state index contributed by atoms with van der Waals surface area (Å²) in [5, 5.41) is 8.33. The van der Waals surface area contributed by atoms with E-state index < -0.39 is 0 Å². The van der Waals surface area contributed by atoms with Crippen LogP contribution in [0, 0.1) is 6.92 Å². The van der Waals surface area contributed by atoms with Crippen molar-refractivity contribution < 1.29 is 14.4 Å². The maximum atomic E-state index is 12.7. The predicted molar refractivity (Wildman–Crippen MR) is 128 cm³/mol. The van der Waals surface area contributed by atoms with Crippen molar-refractivity contribution in [1.82, 2.24) is 15.2 Å². The van der Waals surface area contributed by atoms with E-state index in [-0.39, 0.29) is 30.8 Å². The summed E-state index contributed by atoms with van der Waals surface area (Å²) in [5.41, 5.74) is 2.76. The molecule has 1 heterocycles. The number of anilines is 2. The molecule has 0 bridgehead atoms.